The van der Waals surface area contributed by atoms with E-state index in [0.29, 0.717) is 0 Å². The zero-order chi connectivity index (χ0) is 20.3. The van der Waals surface area contributed by atoms with Crippen LogP contribution in [0.5, 0.6) is 0 Å². The van der Waals surface area contributed by atoms with Crippen LogP contribution in [-0.2, 0) is 0 Å². The van der Waals surface area contributed by atoms with Crippen molar-refractivity contribution in [1.29, 1.82) is 0 Å². The zero-order valence-electron chi connectivity index (χ0n) is 18.8. The molecule has 3 heterocycles. The highest BCUT2D eigenvalue weighted by molar-refractivity contribution is 14.0. The number of nitrogens with one attached hydrogen (secondary N) is 1. The van der Waals surface area contributed by atoms with E-state index in [4.69, 9.17) is 4.99 Å². The Morgan fingerprint density at radius 2 is 1.70 bits per heavy atom. The molecule has 2 saturated heterocycles. The lowest BCUT2D eigenvalue weighted by atomic mass is 10.2. The largest absolute Gasteiger partial charge is 0.357 e. The van der Waals surface area contributed by atoms with E-state index in [9.17, 15) is 0 Å². The zero-order valence-corrected chi connectivity index (χ0v) is 21.1. The van der Waals surface area contributed by atoms with Gasteiger partial charge in [-0.05, 0) is 45.0 Å². The summed E-state index contributed by atoms with van der Waals surface area (Å²) in [6, 6.07) is 6.13. The van der Waals surface area contributed by atoms with E-state index in [1.807, 2.05) is 12.3 Å². The van der Waals surface area contributed by atoms with Crippen LogP contribution in [-0.4, -0.2) is 104 Å². The summed E-state index contributed by atoms with van der Waals surface area (Å²) >= 11 is 0. The minimum absolute atomic E-state index is 0. The van der Waals surface area contributed by atoms with Gasteiger partial charge in [0.05, 0.1) is 0 Å². The smallest absolute Gasteiger partial charge is 0.194 e. The molecule has 0 bridgehead atoms. The van der Waals surface area contributed by atoms with E-state index >= 15 is 0 Å². The van der Waals surface area contributed by atoms with E-state index in [-0.39, 0.29) is 24.0 Å². The summed E-state index contributed by atoms with van der Waals surface area (Å²) in [4.78, 5) is 19.3. The highest BCUT2D eigenvalue weighted by atomic mass is 127. The Kier molecular flexibility index (Phi) is 11.8. The molecule has 2 aliphatic heterocycles. The number of aliphatic imine (C=N–C) groups is 1. The van der Waals surface area contributed by atoms with Crippen LogP contribution in [0, 0.1) is 0 Å². The SMILES string of the molecule is CCNC(=NCCCCN1CCN(CC)CC1)N1CCN(c2ccccn2)CC1.I. The van der Waals surface area contributed by atoms with E-state index in [0.717, 1.165) is 57.5 Å². The molecular formula is C22H40IN7. The van der Waals surface area contributed by atoms with Gasteiger partial charge in [0.1, 0.15) is 5.82 Å². The third kappa shape index (κ3) is 7.85. The lowest BCUT2D eigenvalue weighted by molar-refractivity contribution is 0.136. The fourth-order valence-corrected chi connectivity index (χ4v) is 4.08. The van der Waals surface area contributed by atoms with E-state index in [1.165, 1.54) is 45.7 Å². The maximum atomic E-state index is 4.91. The second-order valence-electron chi connectivity index (χ2n) is 7.88. The van der Waals surface area contributed by atoms with Gasteiger partial charge in [-0.1, -0.05) is 13.0 Å². The molecule has 0 unspecified atom stereocenters. The van der Waals surface area contributed by atoms with Gasteiger partial charge in [0, 0.05) is 71.6 Å². The number of rotatable bonds is 8. The Morgan fingerprint density at radius 1 is 0.967 bits per heavy atom. The average Bonchev–Trinajstić information content (AvgIpc) is 2.79. The van der Waals surface area contributed by atoms with Crippen molar-refractivity contribution in [3.63, 3.8) is 0 Å². The molecule has 3 rings (SSSR count). The number of hydrogen-bond acceptors (Lipinski definition) is 5. The number of nitrogens with zero attached hydrogens (tertiary/aromatic N) is 6. The summed E-state index contributed by atoms with van der Waals surface area (Å²) in [5.74, 6) is 2.15. The van der Waals surface area contributed by atoms with E-state index < -0.39 is 0 Å². The van der Waals surface area contributed by atoms with Gasteiger partial charge in [0.25, 0.3) is 0 Å². The molecule has 170 valence electrons. The molecule has 7 nitrogen and oxygen atoms in total. The predicted molar refractivity (Wildman–Crippen MR) is 137 cm³/mol. The molecule has 0 aliphatic carbocycles. The summed E-state index contributed by atoms with van der Waals surface area (Å²) in [5.41, 5.74) is 0. The van der Waals surface area contributed by atoms with E-state index in [1.54, 1.807) is 0 Å². The topological polar surface area (TPSA) is 50.2 Å². The summed E-state index contributed by atoms with van der Waals surface area (Å²) in [5, 5.41) is 3.48. The van der Waals surface area contributed by atoms with Crippen molar-refractivity contribution in [2.75, 3.05) is 83.4 Å². The number of aromatic nitrogens is 1. The number of likely N-dealkylation sites (N-methyl/N-ethyl adjacent to an activating group) is 1. The van der Waals surface area contributed by atoms with Crippen molar-refractivity contribution in [3.05, 3.63) is 24.4 Å². The molecule has 8 heteroatoms. The molecule has 2 fully saturated rings. The van der Waals surface area contributed by atoms with Gasteiger partial charge >= 0.3 is 0 Å². The number of halogens is 1. The number of piperazine rings is 2. The van der Waals surface area contributed by atoms with Crippen molar-refractivity contribution in [3.8, 4) is 0 Å². The second-order valence-corrected chi connectivity index (χ2v) is 7.88. The molecule has 1 aromatic heterocycles. The first kappa shape index (κ1) is 25.1. The van der Waals surface area contributed by atoms with Crippen LogP contribution in [0.1, 0.15) is 26.7 Å². The fraction of sp³-hybridized carbons (Fsp3) is 0.727. The predicted octanol–water partition coefficient (Wildman–Crippen LogP) is 2.20. The lowest BCUT2D eigenvalue weighted by Gasteiger charge is -2.37. The van der Waals surface area contributed by atoms with Crippen LogP contribution in [0.15, 0.2) is 29.4 Å². The molecule has 0 atom stereocenters. The molecule has 1 aromatic rings. The number of hydrogen-bond donors (Lipinski definition) is 1. The number of unbranched alkanes of at least 4 members (excludes halogenated alkanes) is 1. The van der Waals surface area contributed by atoms with Crippen LogP contribution in [0.3, 0.4) is 0 Å². The van der Waals surface area contributed by atoms with Gasteiger partial charge in [0.2, 0.25) is 0 Å². The summed E-state index contributed by atoms with van der Waals surface area (Å²) in [6.07, 6.45) is 4.27. The summed E-state index contributed by atoms with van der Waals surface area (Å²) in [7, 11) is 0. The van der Waals surface area contributed by atoms with Gasteiger partial charge in [-0.15, -0.1) is 24.0 Å². The van der Waals surface area contributed by atoms with Gasteiger partial charge in [-0.2, -0.15) is 0 Å². The first-order valence-electron chi connectivity index (χ1n) is 11.4. The summed E-state index contributed by atoms with van der Waals surface area (Å²) < 4.78 is 0. The molecule has 0 amide bonds. The van der Waals surface area contributed by atoms with Crippen molar-refractivity contribution in [2.45, 2.75) is 26.7 Å². The monoisotopic (exact) mass is 529 g/mol. The Hall–Kier alpha value is -1.13. The fourth-order valence-electron chi connectivity index (χ4n) is 4.08. The summed E-state index contributed by atoms with van der Waals surface area (Å²) in [6.45, 7) is 17.5. The maximum Gasteiger partial charge on any atom is 0.194 e. The average molecular weight is 530 g/mol. The third-order valence-corrected chi connectivity index (χ3v) is 5.94. The molecule has 0 aromatic carbocycles. The van der Waals surface area contributed by atoms with Crippen molar-refractivity contribution >= 4 is 35.8 Å². The first-order chi connectivity index (χ1) is 14.3. The minimum atomic E-state index is 0. The second kappa shape index (κ2) is 14.0. The van der Waals surface area contributed by atoms with Gasteiger partial charge < -0.3 is 24.9 Å². The van der Waals surface area contributed by atoms with Crippen LogP contribution >= 0.6 is 24.0 Å². The highest BCUT2D eigenvalue weighted by Gasteiger charge is 2.20. The Balaban J connectivity index is 0.00000320. The number of guanidine groups is 1. The van der Waals surface area contributed by atoms with Crippen LogP contribution in [0.25, 0.3) is 0 Å². The maximum absolute atomic E-state index is 4.91. The lowest BCUT2D eigenvalue weighted by Crippen LogP contribution is -2.52. The van der Waals surface area contributed by atoms with Crippen molar-refractivity contribution in [2.24, 2.45) is 4.99 Å². The molecular weight excluding hydrogens is 489 g/mol. The minimum Gasteiger partial charge on any atom is -0.357 e. The standard InChI is InChI=1S/C22H39N7.HI/c1-3-23-22(25-11-7-8-12-27-15-13-26(4-2)14-16-27)29-19-17-28(18-20-29)21-9-5-6-10-24-21;/h5-6,9-10H,3-4,7-8,11-20H2,1-2H3,(H,23,25);1H. The van der Waals surface area contributed by atoms with Gasteiger partial charge in [0.15, 0.2) is 5.96 Å². The third-order valence-electron chi connectivity index (χ3n) is 5.94. The van der Waals surface area contributed by atoms with Crippen LogP contribution in [0.4, 0.5) is 5.82 Å². The Labute approximate surface area is 199 Å². The van der Waals surface area contributed by atoms with Crippen molar-refractivity contribution in [1.82, 2.24) is 25.0 Å². The van der Waals surface area contributed by atoms with Gasteiger partial charge in [-0.3, -0.25) is 4.99 Å². The molecule has 0 saturated carbocycles. The Bertz CT molecular complexity index is 597. The molecule has 0 radical (unpaired) electrons. The normalized spacial score (nSPS) is 18.9. The quantitative estimate of drug-likeness (QED) is 0.241. The Morgan fingerprint density at radius 3 is 2.33 bits per heavy atom. The van der Waals surface area contributed by atoms with Gasteiger partial charge in [-0.25, -0.2) is 4.98 Å². The van der Waals surface area contributed by atoms with E-state index in [2.05, 4.69) is 55.9 Å². The number of pyridine rings is 1. The molecule has 1 N–H and O–H groups in total. The molecule has 2 aliphatic rings. The number of anilines is 1. The van der Waals surface area contributed by atoms with Crippen LogP contribution in [0.2, 0.25) is 0 Å². The first-order valence-corrected chi connectivity index (χ1v) is 11.4. The highest BCUT2D eigenvalue weighted by Crippen LogP contribution is 2.12. The van der Waals surface area contributed by atoms with Crippen LogP contribution < -0.4 is 10.2 Å². The van der Waals surface area contributed by atoms with Crippen molar-refractivity contribution < 1.29 is 0 Å². The molecule has 0 spiro atoms. The molecule has 30 heavy (non-hydrogen) atoms.